The molecule has 1 saturated heterocycles. The molecule has 0 bridgehead atoms. The molecule has 0 unspecified atom stereocenters. The number of carbonyl (C=O) groups excluding carboxylic acids is 1. The van der Waals surface area contributed by atoms with E-state index in [9.17, 15) is 4.79 Å². The quantitative estimate of drug-likeness (QED) is 0.204. The highest BCUT2D eigenvalue weighted by molar-refractivity contribution is 7.98. The van der Waals surface area contributed by atoms with Crippen LogP contribution in [0.3, 0.4) is 0 Å². The minimum absolute atomic E-state index is 0.166. The number of aryl methyl sites for hydroxylation is 1. The summed E-state index contributed by atoms with van der Waals surface area (Å²) in [6, 6.07) is 15.8. The summed E-state index contributed by atoms with van der Waals surface area (Å²) in [6.07, 6.45) is 17.5. The largest absolute Gasteiger partial charge is 0.487 e. The summed E-state index contributed by atoms with van der Waals surface area (Å²) >= 11 is 2.07. The summed E-state index contributed by atoms with van der Waals surface area (Å²) < 4.78 is 12.2. The number of carbonyl (C=O) groups is 1. The fraction of sp³-hybridized carbons (Fsp3) is 0.649. The number of fused-ring (bicyclic) bond motifs is 1. The van der Waals surface area contributed by atoms with E-state index in [1.807, 2.05) is 25.7 Å². The molecule has 0 saturated carbocycles. The second-order valence-electron chi connectivity index (χ2n) is 13.5. The fourth-order valence-corrected chi connectivity index (χ4v) is 7.13. The Labute approximate surface area is 260 Å². The summed E-state index contributed by atoms with van der Waals surface area (Å²) in [7, 11) is 0. The van der Waals surface area contributed by atoms with E-state index in [2.05, 4.69) is 61.2 Å². The summed E-state index contributed by atoms with van der Waals surface area (Å²) in [5, 5.41) is 0. The van der Waals surface area contributed by atoms with Crippen LogP contribution in [-0.4, -0.2) is 41.0 Å². The predicted octanol–water partition coefficient (Wildman–Crippen LogP) is 10.6. The number of nitrogens with zero attached hydrogens (tertiary/aromatic N) is 1. The Kier molecular flexibility index (Phi) is 12.5. The van der Waals surface area contributed by atoms with Gasteiger partial charge >= 0.3 is 6.09 Å². The number of hydrogen-bond acceptors (Lipinski definition) is 4. The first kappa shape index (κ1) is 32.8. The standard InChI is InChI=1S/C37H55NO3S/c1-5-6-7-8-9-10-11-12-13-14-27-42-29-30-15-17-31(18-16-30)32-19-20-34-33(28-32)21-22-37(40-34)23-25-38(26-24-37)35(39)41-36(2,3)4/h15-20,28H,5-14,21-27,29H2,1-4H3. The van der Waals surface area contributed by atoms with Gasteiger partial charge in [-0.2, -0.15) is 11.8 Å². The lowest BCUT2D eigenvalue weighted by Crippen LogP contribution is -2.52. The van der Waals surface area contributed by atoms with E-state index in [4.69, 9.17) is 9.47 Å². The Hall–Kier alpha value is -2.14. The number of likely N-dealkylation sites (tertiary alicyclic amines) is 1. The molecule has 2 aliphatic rings. The van der Waals surface area contributed by atoms with Crippen LogP contribution in [0.15, 0.2) is 42.5 Å². The molecule has 1 amide bonds. The van der Waals surface area contributed by atoms with Gasteiger partial charge in [-0.05, 0) is 80.2 Å². The number of thioether (sulfide) groups is 1. The molecule has 2 aromatic rings. The molecule has 2 heterocycles. The maximum atomic E-state index is 12.5. The summed E-state index contributed by atoms with van der Waals surface area (Å²) in [4.78, 5) is 14.3. The van der Waals surface area contributed by atoms with Crippen LogP contribution in [0.1, 0.15) is 122 Å². The maximum absolute atomic E-state index is 12.5. The van der Waals surface area contributed by atoms with Crippen molar-refractivity contribution in [2.24, 2.45) is 0 Å². The summed E-state index contributed by atoms with van der Waals surface area (Å²) in [6.45, 7) is 9.41. The van der Waals surface area contributed by atoms with Crippen molar-refractivity contribution in [1.29, 1.82) is 0 Å². The van der Waals surface area contributed by atoms with Gasteiger partial charge in [0.2, 0.25) is 0 Å². The fourth-order valence-electron chi connectivity index (χ4n) is 6.15. The first-order valence-corrected chi connectivity index (χ1v) is 17.9. The van der Waals surface area contributed by atoms with Gasteiger partial charge in [-0.25, -0.2) is 4.79 Å². The molecule has 0 radical (unpaired) electrons. The zero-order chi connectivity index (χ0) is 29.8. The summed E-state index contributed by atoms with van der Waals surface area (Å²) in [5.74, 6) is 3.38. The third-order valence-corrected chi connectivity index (χ3v) is 9.88. The van der Waals surface area contributed by atoms with Gasteiger partial charge in [0.1, 0.15) is 17.0 Å². The minimum atomic E-state index is -0.463. The average molecular weight is 594 g/mol. The Morgan fingerprint density at radius 1 is 0.857 bits per heavy atom. The van der Waals surface area contributed by atoms with Gasteiger partial charge in [0.05, 0.1) is 0 Å². The van der Waals surface area contributed by atoms with Crippen LogP contribution in [0.5, 0.6) is 5.75 Å². The van der Waals surface area contributed by atoms with Crippen LogP contribution in [0.4, 0.5) is 4.79 Å². The number of benzene rings is 2. The van der Waals surface area contributed by atoms with Crippen LogP contribution in [0.25, 0.3) is 11.1 Å². The Bertz CT molecular complexity index is 1100. The van der Waals surface area contributed by atoms with E-state index in [1.54, 1.807) is 0 Å². The molecule has 1 spiro atoms. The minimum Gasteiger partial charge on any atom is -0.487 e. The molecule has 1 fully saturated rings. The molecule has 2 aliphatic heterocycles. The highest BCUT2D eigenvalue weighted by Crippen LogP contribution is 2.41. The van der Waals surface area contributed by atoms with Crippen LogP contribution in [0.2, 0.25) is 0 Å². The Morgan fingerprint density at radius 3 is 2.12 bits per heavy atom. The van der Waals surface area contributed by atoms with Crippen molar-refractivity contribution in [1.82, 2.24) is 4.90 Å². The lowest BCUT2D eigenvalue weighted by atomic mass is 9.82. The summed E-state index contributed by atoms with van der Waals surface area (Å²) in [5.41, 5.74) is 4.61. The van der Waals surface area contributed by atoms with E-state index in [0.29, 0.717) is 13.1 Å². The molecule has 0 aromatic heterocycles. The van der Waals surface area contributed by atoms with E-state index < -0.39 is 5.60 Å². The van der Waals surface area contributed by atoms with Crippen LogP contribution < -0.4 is 4.74 Å². The molecule has 0 atom stereocenters. The first-order chi connectivity index (χ1) is 20.3. The van der Waals surface area contributed by atoms with Crippen LogP contribution >= 0.6 is 11.8 Å². The first-order valence-electron chi connectivity index (χ1n) is 16.7. The number of amides is 1. The Morgan fingerprint density at radius 2 is 1.48 bits per heavy atom. The van der Waals surface area contributed by atoms with Crippen molar-refractivity contribution in [2.75, 3.05) is 18.8 Å². The molecular weight excluding hydrogens is 538 g/mol. The number of ether oxygens (including phenoxy) is 2. The maximum Gasteiger partial charge on any atom is 0.410 e. The van der Waals surface area contributed by atoms with Gasteiger partial charge < -0.3 is 14.4 Å². The van der Waals surface area contributed by atoms with E-state index in [1.165, 1.54) is 92.2 Å². The number of hydrogen-bond donors (Lipinski definition) is 0. The van der Waals surface area contributed by atoms with Crippen LogP contribution in [0, 0.1) is 0 Å². The molecule has 232 valence electrons. The highest BCUT2D eigenvalue weighted by Gasteiger charge is 2.41. The van der Waals surface area contributed by atoms with Crippen molar-refractivity contribution < 1.29 is 14.3 Å². The molecule has 4 rings (SSSR count). The lowest BCUT2D eigenvalue weighted by Gasteiger charge is -2.44. The van der Waals surface area contributed by atoms with Crippen molar-refractivity contribution in [3.63, 3.8) is 0 Å². The van der Waals surface area contributed by atoms with E-state index in [0.717, 1.165) is 37.2 Å². The number of unbranched alkanes of at least 4 members (excludes halogenated alkanes) is 9. The zero-order valence-corrected chi connectivity index (χ0v) is 27.7. The lowest BCUT2D eigenvalue weighted by molar-refractivity contribution is -0.0272. The predicted molar refractivity (Wildman–Crippen MR) is 179 cm³/mol. The van der Waals surface area contributed by atoms with Crippen molar-refractivity contribution >= 4 is 17.9 Å². The third kappa shape index (κ3) is 10.2. The monoisotopic (exact) mass is 593 g/mol. The molecule has 2 aromatic carbocycles. The molecule has 0 aliphatic carbocycles. The molecule has 42 heavy (non-hydrogen) atoms. The van der Waals surface area contributed by atoms with E-state index >= 15 is 0 Å². The Balaban J connectivity index is 1.16. The molecule has 5 heteroatoms. The normalized spacial score (nSPS) is 16.2. The van der Waals surface area contributed by atoms with Gasteiger partial charge in [0, 0.05) is 31.7 Å². The molecule has 4 nitrogen and oxygen atoms in total. The van der Waals surface area contributed by atoms with Crippen molar-refractivity contribution in [2.45, 2.75) is 135 Å². The SMILES string of the molecule is CCCCCCCCCCCCSCc1ccc(-c2ccc3c(c2)CCC2(CCN(C(=O)OC(C)(C)C)CC2)O3)cc1. The van der Waals surface area contributed by atoms with Gasteiger partial charge in [-0.15, -0.1) is 0 Å². The van der Waals surface area contributed by atoms with Crippen LogP contribution in [-0.2, 0) is 16.9 Å². The number of rotatable bonds is 14. The average Bonchev–Trinajstić information content (AvgIpc) is 2.97. The van der Waals surface area contributed by atoms with Gasteiger partial charge in [0.15, 0.2) is 0 Å². The second kappa shape index (κ2) is 16.1. The van der Waals surface area contributed by atoms with E-state index in [-0.39, 0.29) is 11.7 Å². The smallest absolute Gasteiger partial charge is 0.410 e. The van der Waals surface area contributed by atoms with Gasteiger partial charge in [-0.3, -0.25) is 0 Å². The molecular formula is C37H55NO3S. The highest BCUT2D eigenvalue weighted by atomic mass is 32.2. The topological polar surface area (TPSA) is 38.8 Å². The van der Waals surface area contributed by atoms with Gasteiger partial charge in [0.25, 0.3) is 0 Å². The molecule has 0 N–H and O–H groups in total. The third-order valence-electron chi connectivity index (χ3n) is 8.76. The second-order valence-corrected chi connectivity index (χ2v) is 14.6. The van der Waals surface area contributed by atoms with Crippen molar-refractivity contribution in [3.8, 4) is 16.9 Å². The van der Waals surface area contributed by atoms with Gasteiger partial charge in [-0.1, -0.05) is 95.0 Å². The number of piperidine rings is 1. The zero-order valence-electron chi connectivity index (χ0n) is 26.8. The van der Waals surface area contributed by atoms with Crippen molar-refractivity contribution in [3.05, 3.63) is 53.6 Å².